The first kappa shape index (κ1) is 16.2. The number of ether oxygens (including phenoxy) is 1. The van der Waals surface area contributed by atoms with Crippen LogP contribution >= 0.6 is 15.9 Å². The first-order valence-electron chi connectivity index (χ1n) is 6.73. The first-order chi connectivity index (χ1) is 9.78. The van der Waals surface area contributed by atoms with Crippen LogP contribution in [-0.4, -0.2) is 35.3 Å². The highest BCUT2D eigenvalue weighted by molar-refractivity contribution is 9.10. The molecule has 2 rings (SSSR count). The van der Waals surface area contributed by atoms with E-state index in [1.807, 2.05) is 0 Å². The van der Waals surface area contributed by atoms with Crippen LogP contribution in [0.1, 0.15) is 10.4 Å². The number of aromatic nitrogens is 2. The molecular weight excluding hydrogens is 352 g/mol. The Labute approximate surface area is 133 Å². The van der Waals surface area contributed by atoms with E-state index in [0.29, 0.717) is 28.8 Å². The predicted molar refractivity (Wildman–Crippen MR) is 88.5 cm³/mol. The summed E-state index contributed by atoms with van der Waals surface area (Å²) in [5.41, 5.74) is 1.47. The van der Waals surface area contributed by atoms with Gasteiger partial charge in [-0.1, -0.05) is 35.6 Å². The number of rotatable bonds is 6. The number of nitrogens with zero attached hydrogens (tertiary/aromatic N) is 2. The van der Waals surface area contributed by atoms with Gasteiger partial charge in [-0.05, 0) is 18.2 Å². The molecule has 0 fully saturated rings. The minimum atomic E-state index is -1.12. The van der Waals surface area contributed by atoms with Crippen LogP contribution in [0, 0.1) is 0 Å². The minimum Gasteiger partial charge on any atom is -0.478 e. The molecule has 0 saturated carbocycles. The second-order valence-electron chi connectivity index (χ2n) is 6.19. The molecule has 0 radical (unpaired) electrons. The maximum Gasteiger partial charge on any atom is 0.337 e. The monoisotopic (exact) mass is 370 g/mol. The third-order valence-corrected chi connectivity index (χ3v) is 5.30. The Bertz CT molecular complexity index is 664. The molecule has 1 aromatic carbocycles. The molecule has 114 valence electrons. The van der Waals surface area contributed by atoms with Crippen molar-refractivity contribution >= 4 is 41.0 Å². The summed E-state index contributed by atoms with van der Waals surface area (Å²) in [6, 6.07) is 4.47. The predicted octanol–water partition coefficient (Wildman–Crippen LogP) is 3.81. The summed E-state index contributed by atoms with van der Waals surface area (Å²) < 4.78 is 8.13. The number of carboxylic acid groups (broad SMARTS) is 1. The first-order valence-corrected chi connectivity index (χ1v) is 11.2. The Morgan fingerprint density at radius 3 is 2.76 bits per heavy atom. The average molecular weight is 371 g/mol. The van der Waals surface area contributed by atoms with Gasteiger partial charge in [-0.3, -0.25) is 0 Å². The maximum atomic E-state index is 11.4. The normalized spacial score (nSPS) is 12.0. The standard InChI is InChI=1S/C14H19BrN2O3Si/c1-21(2,3)5-4-20-9-17-8-16-12-7-10(15)6-11(13(12)17)14(18)19/h6-8H,4-5,9H2,1-3H3,(H,18,19). The van der Waals surface area contributed by atoms with Crippen molar-refractivity contribution in [1.82, 2.24) is 9.55 Å². The van der Waals surface area contributed by atoms with Crippen molar-refractivity contribution in [3.63, 3.8) is 0 Å². The van der Waals surface area contributed by atoms with Gasteiger partial charge in [0.15, 0.2) is 0 Å². The van der Waals surface area contributed by atoms with Crippen LogP contribution in [0.2, 0.25) is 25.7 Å². The number of carboxylic acids is 1. The van der Waals surface area contributed by atoms with Gasteiger partial charge in [-0.2, -0.15) is 0 Å². The lowest BCUT2D eigenvalue weighted by molar-refractivity contribution is 0.0696. The second kappa shape index (κ2) is 6.29. The topological polar surface area (TPSA) is 64.4 Å². The van der Waals surface area contributed by atoms with Gasteiger partial charge in [0.1, 0.15) is 6.73 Å². The number of halogens is 1. The SMILES string of the molecule is C[Si](C)(C)CCOCn1cnc2cc(Br)cc(C(=O)O)c21. The molecule has 0 atom stereocenters. The Balaban J connectivity index is 2.19. The number of aromatic carboxylic acids is 1. The van der Waals surface area contributed by atoms with Crippen LogP contribution in [0.15, 0.2) is 22.9 Å². The fraction of sp³-hybridized carbons (Fsp3) is 0.429. The van der Waals surface area contributed by atoms with E-state index < -0.39 is 14.0 Å². The molecule has 0 unspecified atom stereocenters. The number of fused-ring (bicyclic) bond motifs is 1. The highest BCUT2D eigenvalue weighted by Crippen LogP contribution is 2.24. The smallest absolute Gasteiger partial charge is 0.337 e. The number of benzene rings is 1. The van der Waals surface area contributed by atoms with Gasteiger partial charge in [0.25, 0.3) is 0 Å². The molecule has 7 heteroatoms. The van der Waals surface area contributed by atoms with Crippen molar-refractivity contribution in [2.45, 2.75) is 32.4 Å². The molecule has 1 heterocycles. The van der Waals surface area contributed by atoms with Crippen molar-refractivity contribution in [2.75, 3.05) is 6.61 Å². The Morgan fingerprint density at radius 2 is 2.14 bits per heavy atom. The van der Waals surface area contributed by atoms with Crippen LogP contribution < -0.4 is 0 Å². The maximum absolute atomic E-state index is 11.4. The molecule has 21 heavy (non-hydrogen) atoms. The molecule has 0 aliphatic carbocycles. The third kappa shape index (κ3) is 4.15. The quantitative estimate of drug-likeness (QED) is 0.620. The molecule has 0 spiro atoms. The van der Waals surface area contributed by atoms with Crippen LogP contribution in [0.3, 0.4) is 0 Å². The molecule has 0 bridgehead atoms. The molecule has 0 aliphatic heterocycles. The van der Waals surface area contributed by atoms with Crippen molar-refractivity contribution < 1.29 is 14.6 Å². The summed E-state index contributed by atoms with van der Waals surface area (Å²) >= 11 is 3.31. The fourth-order valence-corrected chi connectivity index (χ4v) is 3.18. The van der Waals surface area contributed by atoms with Crippen LogP contribution in [0.4, 0.5) is 0 Å². The fourth-order valence-electron chi connectivity index (χ4n) is 1.98. The number of imidazole rings is 1. The molecule has 1 N–H and O–H groups in total. The Morgan fingerprint density at radius 1 is 1.43 bits per heavy atom. The highest BCUT2D eigenvalue weighted by Gasteiger charge is 2.16. The lowest BCUT2D eigenvalue weighted by Gasteiger charge is -2.15. The number of carbonyl (C=O) groups is 1. The number of hydrogen-bond acceptors (Lipinski definition) is 3. The second-order valence-corrected chi connectivity index (χ2v) is 12.7. The zero-order valence-corrected chi connectivity index (χ0v) is 15.0. The number of hydrogen-bond donors (Lipinski definition) is 1. The van der Waals surface area contributed by atoms with Crippen LogP contribution in [0.5, 0.6) is 0 Å². The largest absolute Gasteiger partial charge is 0.478 e. The molecule has 1 aromatic heterocycles. The molecule has 5 nitrogen and oxygen atoms in total. The van der Waals surface area contributed by atoms with E-state index in [4.69, 9.17) is 4.74 Å². The summed E-state index contributed by atoms with van der Waals surface area (Å²) in [7, 11) is -1.12. The van der Waals surface area contributed by atoms with Gasteiger partial charge in [0.05, 0.1) is 22.9 Å². The van der Waals surface area contributed by atoms with Crippen molar-refractivity contribution in [3.8, 4) is 0 Å². The molecule has 0 amide bonds. The van der Waals surface area contributed by atoms with E-state index >= 15 is 0 Å². The zero-order chi connectivity index (χ0) is 15.6. The molecule has 0 aliphatic rings. The van der Waals surface area contributed by atoms with Crippen LogP contribution in [-0.2, 0) is 11.5 Å². The van der Waals surface area contributed by atoms with Gasteiger partial charge in [0.2, 0.25) is 0 Å². The van der Waals surface area contributed by atoms with E-state index in [1.54, 1.807) is 23.0 Å². The highest BCUT2D eigenvalue weighted by atomic mass is 79.9. The minimum absolute atomic E-state index is 0.227. The lowest BCUT2D eigenvalue weighted by Crippen LogP contribution is -2.22. The van der Waals surface area contributed by atoms with E-state index in [0.717, 1.165) is 6.04 Å². The van der Waals surface area contributed by atoms with E-state index in [9.17, 15) is 9.90 Å². The van der Waals surface area contributed by atoms with Gasteiger partial charge in [-0.25, -0.2) is 9.78 Å². The van der Waals surface area contributed by atoms with Crippen molar-refractivity contribution in [3.05, 3.63) is 28.5 Å². The van der Waals surface area contributed by atoms with Crippen LogP contribution in [0.25, 0.3) is 11.0 Å². The summed E-state index contributed by atoms with van der Waals surface area (Å²) in [6.07, 6.45) is 1.62. The molecule has 0 saturated heterocycles. The molecule has 2 aromatic rings. The summed E-state index contributed by atoms with van der Waals surface area (Å²) in [6.45, 7) is 7.90. The van der Waals surface area contributed by atoms with Gasteiger partial charge >= 0.3 is 5.97 Å². The van der Waals surface area contributed by atoms with Gasteiger partial charge in [0, 0.05) is 19.2 Å². The third-order valence-electron chi connectivity index (χ3n) is 3.14. The van der Waals surface area contributed by atoms with E-state index in [-0.39, 0.29) is 5.56 Å². The summed E-state index contributed by atoms with van der Waals surface area (Å²) in [5, 5.41) is 9.33. The van der Waals surface area contributed by atoms with Gasteiger partial charge in [-0.15, -0.1) is 0 Å². The van der Waals surface area contributed by atoms with Gasteiger partial charge < -0.3 is 14.4 Å². The van der Waals surface area contributed by atoms with E-state index in [2.05, 4.69) is 40.6 Å². The Kier molecular flexibility index (Phi) is 4.85. The van der Waals surface area contributed by atoms with Crippen molar-refractivity contribution in [2.24, 2.45) is 0 Å². The average Bonchev–Trinajstić information content (AvgIpc) is 2.75. The molecular formula is C14H19BrN2O3Si. The summed E-state index contributed by atoms with van der Waals surface area (Å²) in [4.78, 5) is 15.6. The van der Waals surface area contributed by atoms with E-state index in [1.165, 1.54) is 0 Å². The Hall–Kier alpha value is -1.18. The zero-order valence-electron chi connectivity index (χ0n) is 12.4. The van der Waals surface area contributed by atoms with Crippen molar-refractivity contribution in [1.29, 1.82) is 0 Å². The summed E-state index contributed by atoms with van der Waals surface area (Å²) in [5.74, 6) is -0.967. The lowest BCUT2D eigenvalue weighted by atomic mass is 10.2.